The lowest BCUT2D eigenvalue weighted by Crippen LogP contribution is -2.27. The van der Waals surface area contributed by atoms with E-state index in [-0.39, 0.29) is 16.2 Å². The first kappa shape index (κ1) is 24.6. The fourth-order valence-electron chi connectivity index (χ4n) is 7.47. The molecule has 4 rings (SSSR count). The Morgan fingerprint density at radius 1 is 0.455 bits per heavy atom. The van der Waals surface area contributed by atoms with Gasteiger partial charge in [0.15, 0.2) is 0 Å². The predicted octanol–water partition coefficient (Wildman–Crippen LogP) is 9.83. The maximum atomic E-state index is 2.65. The number of benzene rings is 2. The molecule has 0 N–H and O–H groups in total. The van der Waals surface area contributed by atoms with Crippen LogP contribution in [0.1, 0.15) is 164 Å². The molecule has 0 radical (unpaired) electrons. The zero-order chi connectivity index (χ0) is 24.7. The van der Waals surface area contributed by atoms with Crippen LogP contribution in [0.3, 0.4) is 0 Å². The zero-order valence-electron chi connectivity index (χ0n) is 23.5. The van der Waals surface area contributed by atoms with E-state index in [1.165, 1.54) is 12.8 Å². The Kier molecular flexibility index (Phi) is 5.75. The van der Waals surface area contributed by atoms with Crippen molar-refractivity contribution in [3.8, 4) is 0 Å². The zero-order valence-corrected chi connectivity index (χ0v) is 23.5. The summed E-state index contributed by atoms with van der Waals surface area (Å²) in [6.45, 7) is 28.9. The van der Waals surface area contributed by atoms with Crippen LogP contribution in [0.4, 0.5) is 0 Å². The van der Waals surface area contributed by atoms with E-state index in [0.717, 1.165) is 0 Å². The van der Waals surface area contributed by atoms with Crippen LogP contribution in [-0.4, -0.2) is 0 Å². The number of fused-ring (bicyclic) bond motifs is 4. The van der Waals surface area contributed by atoms with Gasteiger partial charge in [-0.3, -0.25) is 0 Å². The second-order valence-corrected chi connectivity index (χ2v) is 13.9. The highest BCUT2D eigenvalue weighted by Crippen LogP contribution is 2.64. The summed E-state index contributed by atoms with van der Waals surface area (Å²) < 4.78 is 0. The first-order valence-corrected chi connectivity index (χ1v) is 13.5. The third-order valence-corrected chi connectivity index (χ3v) is 8.91. The highest BCUT2D eigenvalue weighted by Gasteiger charge is 2.56. The summed E-state index contributed by atoms with van der Waals surface area (Å²) in [6, 6.07) is 10.5. The summed E-state index contributed by atoms with van der Waals surface area (Å²) in [5, 5.41) is 0. The second-order valence-electron chi connectivity index (χ2n) is 13.9. The molecule has 0 atom stereocenters. The van der Waals surface area contributed by atoms with Crippen LogP contribution in [0.5, 0.6) is 0 Å². The van der Waals surface area contributed by atoms with Gasteiger partial charge < -0.3 is 0 Å². The molecule has 0 nitrogen and oxygen atoms in total. The molecule has 0 saturated heterocycles. The van der Waals surface area contributed by atoms with E-state index in [1.54, 1.807) is 44.5 Å². The van der Waals surface area contributed by atoms with Crippen LogP contribution in [0.25, 0.3) is 0 Å². The van der Waals surface area contributed by atoms with Gasteiger partial charge in [-0.2, -0.15) is 0 Å². The van der Waals surface area contributed by atoms with E-state index in [9.17, 15) is 0 Å². The van der Waals surface area contributed by atoms with Crippen LogP contribution in [0.2, 0.25) is 0 Å². The molecule has 0 heterocycles. The standard InChI is InChI=1S/C33H48/c1-19(2)23-13-27-29(15-25(23)21(5)6)33(17-31(27,9)10)18-32(11,12)28-14-24(20(3)4)26(22(7)8)16-30(28)33/h13-16,19-22H,17-18H2,1-12H3. The average Bonchev–Trinajstić information content (AvgIpc) is 3.05. The third-order valence-electron chi connectivity index (χ3n) is 8.91. The molecule has 0 heteroatoms. The molecular weight excluding hydrogens is 396 g/mol. The van der Waals surface area contributed by atoms with Gasteiger partial charge in [-0.05, 0) is 91.9 Å². The normalized spacial score (nSPS) is 19.9. The minimum absolute atomic E-state index is 0.135. The summed E-state index contributed by atoms with van der Waals surface area (Å²) >= 11 is 0. The lowest BCUT2D eigenvalue weighted by molar-refractivity contribution is 0.349. The van der Waals surface area contributed by atoms with Crippen molar-refractivity contribution in [3.63, 3.8) is 0 Å². The number of hydrogen-bond donors (Lipinski definition) is 0. The molecule has 0 bridgehead atoms. The van der Waals surface area contributed by atoms with E-state index >= 15 is 0 Å². The first-order valence-electron chi connectivity index (χ1n) is 13.5. The van der Waals surface area contributed by atoms with Crippen molar-refractivity contribution < 1.29 is 0 Å². The lowest BCUT2D eigenvalue weighted by atomic mass is 9.71. The van der Waals surface area contributed by atoms with Crippen molar-refractivity contribution in [3.05, 3.63) is 68.8 Å². The van der Waals surface area contributed by atoms with Crippen molar-refractivity contribution in [2.45, 2.75) is 136 Å². The first-order chi connectivity index (χ1) is 15.1. The maximum absolute atomic E-state index is 2.65. The van der Waals surface area contributed by atoms with Crippen LogP contribution >= 0.6 is 0 Å². The largest absolute Gasteiger partial charge is 0.0587 e. The van der Waals surface area contributed by atoms with Crippen LogP contribution in [0, 0.1) is 0 Å². The quantitative estimate of drug-likeness (QED) is 0.440. The van der Waals surface area contributed by atoms with E-state index in [4.69, 9.17) is 0 Å². The molecule has 0 aromatic heterocycles. The molecule has 180 valence electrons. The van der Waals surface area contributed by atoms with Crippen LogP contribution in [-0.2, 0) is 16.2 Å². The van der Waals surface area contributed by atoms with Crippen molar-refractivity contribution in [1.82, 2.24) is 0 Å². The van der Waals surface area contributed by atoms with Gasteiger partial charge >= 0.3 is 0 Å². The van der Waals surface area contributed by atoms with Gasteiger partial charge in [-0.1, -0.05) is 107 Å². The second kappa shape index (κ2) is 7.73. The van der Waals surface area contributed by atoms with Crippen molar-refractivity contribution >= 4 is 0 Å². The van der Waals surface area contributed by atoms with Crippen molar-refractivity contribution in [1.29, 1.82) is 0 Å². The fraction of sp³-hybridized carbons (Fsp3) is 0.636. The van der Waals surface area contributed by atoms with Gasteiger partial charge in [0.1, 0.15) is 0 Å². The third kappa shape index (κ3) is 3.62. The fourth-order valence-corrected chi connectivity index (χ4v) is 7.47. The van der Waals surface area contributed by atoms with Crippen LogP contribution < -0.4 is 0 Å². The van der Waals surface area contributed by atoms with Gasteiger partial charge in [-0.25, -0.2) is 0 Å². The highest BCUT2D eigenvalue weighted by atomic mass is 14.6. The smallest absolute Gasteiger partial charge is 0.0225 e. The minimum Gasteiger partial charge on any atom is -0.0587 e. The molecule has 0 aliphatic heterocycles. The Hall–Kier alpha value is -1.56. The topological polar surface area (TPSA) is 0 Å². The van der Waals surface area contributed by atoms with Gasteiger partial charge in [0.05, 0.1) is 0 Å². The summed E-state index contributed by atoms with van der Waals surface area (Å²) in [5.41, 5.74) is 13.3. The molecule has 33 heavy (non-hydrogen) atoms. The van der Waals surface area contributed by atoms with Gasteiger partial charge in [0.25, 0.3) is 0 Å². The van der Waals surface area contributed by atoms with Gasteiger partial charge in [0.2, 0.25) is 0 Å². The summed E-state index contributed by atoms with van der Waals surface area (Å²) in [7, 11) is 0. The van der Waals surface area contributed by atoms with E-state index in [0.29, 0.717) is 23.7 Å². The highest BCUT2D eigenvalue weighted by molar-refractivity contribution is 5.63. The Balaban J connectivity index is 2.07. The van der Waals surface area contributed by atoms with E-state index in [1.807, 2.05) is 0 Å². The molecule has 0 saturated carbocycles. The monoisotopic (exact) mass is 444 g/mol. The Morgan fingerprint density at radius 2 is 0.697 bits per heavy atom. The summed E-state index contributed by atoms with van der Waals surface area (Å²) in [5.74, 6) is 2.23. The summed E-state index contributed by atoms with van der Waals surface area (Å²) in [4.78, 5) is 0. The molecule has 0 fully saturated rings. The van der Waals surface area contributed by atoms with Crippen LogP contribution in [0.15, 0.2) is 24.3 Å². The molecular formula is C33H48. The van der Waals surface area contributed by atoms with Crippen molar-refractivity contribution in [2.24, 2.45) is 0 Å². The molecule has 2 aliphatic carbocycles. The molecule has 0 unspecified atom stereocenters. The summed E-state index contributed by atoms with van der Waals surface area (Å²) in [6.07, 6.45) is 2.45. The SMILES string of the molecule is CC(C)c1cc2c(cc1C(C)C)C1(CC2(C)C)CC(C)(C)c2cc(C(C)C)c(C(C)C)cc21. The van der Waals surface area contributed by atoms with Gasteiger partial charge in [-0.15, -0.1) is 0 Å². The molecule has 2 aromatic rings. The van der Waals surface area contributed by atoms with E-state index in [2.05, 4.69) is 107 Å². The molecule has 1 spiro atoms. The average molecular weight is 445 g/mol. The van der Waals surface area contributed by atoms with E-state index < -0.39 is 0 Å². The number of hydrogen-bond acceptors (Lipinski definition) is 0. The lowest BCUT2D eigenvalue weighted by Gasteiger charge is -2.31. The Morgan fingerprint density at radius 3 is 0.939 bits per heavy atom. The van der Waals surface area contributed by atoms with Gasteiger partial charge in [0, 0.05) is 5.41 Å². The Bertz CT molecular complexity index is 984. The maximum Gasteiger partial charge on any atom is 0.0225 e. The Labute approximate surface area is 204 Å². The molecule has 0 amide bonds. The number of rotatable bonds is 4. The van der Waals surface area contributed by atoms with Crippen molar-refractivity contribution in [2.75, 3.05) is 0 Å². The predicted molar refractivity (Wildman–Crippen MR) is 145 cm³/mol. The molecule has 2 aromatic carbocycles. The minimum atomic E-state index is 0.135. The molecule has 2 aliphatic rings.